The van der Waals surface area contributed by atoms with Crippen molar-refractivity contribution in [2.75, 3.05) is 13.2 Å². The fourth-order valence-electron chi connectivity index (χ4n) is 4.99. The van der Waals surface area contributed by atoms with Crippen LogP contribution in [0.3, 0.4) is 0 Å². The molecule has 0 spiro atoms. The quantitative estimate of drug-likeness (QED) is 0.586. The van der Waals surface area contributed by atoms with Gasteiger partial charge in [-0.15, -0.1) is 0 Å². The van der Waals surface area contributed by atoms with Crippen molar-refractivity contribution in [3.05, 3.63) is 65.9 Å². The minimum atomic E-state index is 0.261. The predicted octanol–water partition coefficient (Wildman–Crippen LogP) is 5.75. The number of fused-ring (bicyclic) bond motifs is 1. The molecule has 0 radical (unpaired) electrons. The molecule has 1 fully saturated rings. The van der Waals surface area contributed by atoms with Crippen LogP contribution in [0, 0.1) is 0 Å². The first-order chi connectivity index (χ1) is 14.3. The molecule has 0 saturated carbocycles. The summed E-state index contributed by atoms with van der Waals surface area (Å²) in [5.74, 6) is 0. The molecule has 2 aromatic carbocycles. The molecular weight excluding hydrogens is 356 g/mol. The molecule has 0 bridgehead atoms. The number of likely N-dealkylation sites (tertiary alicyclic amines) is 1. The van der Waals surface area contributed by atoms with Crippen LogP contribution in [0.5, 0.6) is 0 Å². The second-order valence-corrected chi connectivity index (χ2v) is 8.60. The monoisotopic (exact) mass is 386 g/mol. The van der Waals surface area contributed by atoms with E-state index in [1.807, 2.05) is 0 Å². The minimum absolute atomic E-state index is 0.261. The third-order valence-corrected chi connectivity index (χ3v) is 6.62. The van der Waals surface area contributed by atoms with Gasteiger partial charge in [-0.2, -0.15) is 0 Å². The van der Waals surface area contributed by atoms with Gasteiger partial charge < -0.3 is 10.1 Å². The van der Waals surface area contributed by atoms with Crippen LogP contribution in [0.4, 0.5) is 0 Å². The van der Waals surface area contributed by atoms with Gasteiger partial charge in [-0.05, 0) is 91.6 Å². The molecule has 2 aliphatic rings. The number of hydrogen-bond acceptors (Lipinski definition) is 2. The van der Waals surface area contributed by atoms with E-state index in [4.69, 9.17) is 0 Å². The first-order valence-electron chi connectivity index (χ1n) is 11.1. The second kappa shape index (κ2) is 8.17. The fraction of sp³-hybridized carbons (Fsp3) is 0.385. The van der Waals surface area contributed by atoms with Crippen LogP contribution in [0.15, 0.2) is 54.6 Å². The number of nitrogens with one attached hydrogen (secondary N) is 1. The zero-order valence-electron chi connectivity index (χ0n) is 17.0. The van der Waals surface area contributed by atoms with Gasteiger partial charge in [-0.1, -0.05) is 30.3 Å². The van der Waals surface area contributed by atoms with Gasteiger partial charge in [0.15, 0.2) is 0 Å². The van der Waals surface area contributed by atoms with Crippen molar-refractivity contribution in [3.63, 3.8) is 0 Å². The largest absolute Gasteiger partial charge is 0.395 e. The molecule has 0 unspecified atom stereocenters. The smallest absolute Gasteiger partial charge is 0.0587 e. The number of aromatic amines is 1. The van der Waals surface area contributed by atoms with E-state index in [0.29, 0.717) is 6.04 Å². The molecular formula is C26H30N2O. The molecule has 3 aromatic rings. The van der Waals surface area contributed by atoms with Crippen LogP contribution in [0.25, 0.3) is 27.6 Å². The molecule has 5 rings (SSSR count). The van der Waals surface area contributed by atoms with Crippen molar-refractivity contribution >= 4 is 16.5 Å². The number of aliphatic hydroxyl groups excluding tert-OH is 1. The van der Waals surface area contributed by atoms with E-state index in [9.17, 15) is 5.11 Å². The Morgan fingerprint density at radius 2 is 1.86 bits per heavy atom. The third kappa shape index (κ3) is 3.90. The van der Waals surface area contributed by atoms with Crippen molar-refractivity contribution in [1.82, 2.24) is 9.88 Å². The summed E-state index contributed by atoms with van der Waals surface area (Å²) in [5.41, 5.74) is 7.87. The topological polar surface area (TPSA) is 39.3 Å². The number of aliphatic hydroxyl groups is 1. The Morgan fingerprint density at radius 3 is 2.72 bits per heavy atom. The molecule has 2 heterocycles. The van der Waals surface area contributed by atoms with Crippen LogP contribution in [-0.2, 0) is 6.54 Å². The Hall–Kier alpha value is -2.36. The molecule has 3 nitrogen and oxygen atoms in total. The normalized spacial score (nSPS) is 20.3. The molecule has 150 valence electrons. The first kappa shape index (κ1) is 18.7. The van der Waals surface area contributed by atoms with Crippen molar-refractivity contribution in [2.24, 2.45) is 0 Å². The van der Waals surface area contributed by atoms with Crippen molar-refractivity contribution in [1.29, 1.82) is 0 Å². The van der Waals surface area contributed by atoms with Crippen LogP contribution in [0.2, 0.25) is 0 Å². The molecule has 0 amide bonds. The summed E-state index contributed by atoms with van der Waals surface area (Å²) in [4.78, 5) is 5.97. The second-order valence-electron chi connectivity index (χ2n) is 8.60. The fourth-order valence-corrected chi connectivity index (χ4v) is 4.99. The lowest BCUT2D eigenvalue weighted by Crippen LogP contribution is -2.31. The maximum atomic E-state index is 9.58. The number of nitrogens with zero attached hydrogens (tertiary/aromatic N) is 1. The van der Waals surface area contributed by atoms with E-state index in [1.54, 1.807) is 0 Å². The standard InChI is InChI=1S/C26H30N2O/c29-18-25-10-5-13-28(25)17-24-16-23-15-22(11-12-26(23)27-24)21-9-4-8-20(14-21)19-6-2-1-3-7-19/h4,6,8-9,11-12,14-16,25,27,29H,1-3,5,7,10,13,17-18H2/t25-/m1/s1. The molecule has 3 heteroatoms. The summed E-state index contributed by atoms with van der Waals surface area (Å²) >= 11 is 0. The van der Waals surface area contributed by atoms with Gasteiger partial charge in [0, 0.05) is 29.2 Å². The number of benzene rings is 2. The van der Waals surface area contributed by atoms with Crippen LogP contribution < -0.4 is 0 Å². The lowest BCUT2D eigenvalue weighted by atomic mass is 9.91. The average Bonchev–Trinajstić information content (AvgIpc) is 3.40. The molecule has 1 aliphatic carbocycles. The van der Waals surface area contributed by atoms with Crippen LogP contribution in [0.1, 0.15) is 49.8 Å². The molecule has 29 heavy (non-hydrogen) atoms. The molecule has 1 aliphatic heterocycles. The number of hydrogen-bond donors (Lipinski definition) is 2. The Labute approximate surface area is 173 Å². The number of allylic oxidation sites excluding steroid dienone is 2. The Balaban J connectivity index is 1.41. The van der Waals surface area contributed by atoms with Crippen LogP contribution in [-0.4, -0.2) is 34.2 Å². The summed E-state index contributed by atoms with van der Waals surface area (Å²) in [6.07, 6.45) is 9.76. The van der Waals surface area contributed by atoms with Crippen LogP contribution >= 0.6 is 0 Å². The molecule has 1 aromatic heterocycles. The SMILES string of the molecule is OC[C@H]1CCCN1Cc1cc2cc(-c3cccc(C4=CCCCC4)c3)ccc2[nH]1. The van der Waals surface area contributed by atoms with E-state index < -0.39 is 0 Å². The summed E-state index contributed by atoms with van der Waals surface area (Å²) in [6, 6.07) is 18.3. The van der Waals surface area contributed by atoms with Gasteiger partial charge in [0.25, 0.3) is 0 Å². The Bertz CT molecular complexity index is 1030. The summed E-state index contributed by atoms with van der Waals surface area (Å²) in [7, 11) is 0. The zero-order valence-corrected chi connectivity index (χ0v) is 17.0. The highest BCUT2D eigenvalue weighted by Crippen LogP contribution is 2.31. The van der Waals surface area contributed by atoms with E-state index >= 15 is 0 Å². The average molecular weight is 387 g/mol. The number of rotatable bonds is 5. The minimum Gasteiger partial charge on any atom is -0.395 e. The highest BCUT2D eigenvalue weighted by Gasteiger charge is 2.24. The first-order valence-corrected chi connectivity index (χ1v) is 11.1. The Morgan fingerprint density at radius 1 is 0.966 bits per heavy atom. The van der Waals surface area contributed by atoms with Gasteiger partial charge >= 0.3 is 0 Å². The summed E-state index contributed by atoms with van der Waals surface area (Å²) in [5, 5.41) is 10.8. The lowest BCUT2D eigenvalue weighted by Gasteiger charge is -2.21. The Kier molecular flexibility index (Phi) is 5.26. The van der Waals surface area contributed by atoms with Gasteiger partial charge in [0.1, 0.15) is 0 Å². The predicted molar refractivity (Wildman–Crippen MR) is 121 cm³/mol. The molecule has 1 atom stereocenters. The van der Waals surface area contributed by atoms with Gasteiger partial charge in [-0.3, -0.25) is 4.90 Å². The van der Waals surface area contributed by atoms with E-state index in [-0.39, 0.29) is 6.61 Å². The molecule has 2 N–H and O–H groups in total. The van der Waals surface area contributed by atoms with Crippen molar-refractivity contribution < 1.29 is 5.11 Å². The maximum Gasteiger partial charge on any atom is 0.0587 e. The maximum absolute atomic E-state index is 9.58. The lowest BCUT2D eigenvalue weighted by molar-refractivity contribution is 0.152. The number of aromatic nitrogens is 1. The highest BCUT2D eigenvalue weighted by atomic mass is 16.3. The highest BCUT2D eigenvalue weighted by molar-refractivity contribution is 5.86. The van der Waals surface area contributed by atoms with Gasteiger partial charge in [-0.25, -0.2) is 0 Å². The van der Waals surface area contributed by atoms with Crippen molar-refractivity contribution in [3.8, 4) is 11.1 Å². The summed E-state index contributed by atoms with van der Waals surface area (Å²) < 4.78 is 0. The van der Waals surface area contributed by atoms with E-state index in [0.717, 1.165) is 19.5 Å². The molecule has 1 saturated heterocycles. The third-order valence-electron chi connectivity index (χ3n) is 6.62. The summed E-state index contributed by atoms with van der Waals surface area (Å²) in [6.45, 7) is 2.23. The zero-order chi connectivity index (χ0) is 19.6. The van der Waals surface area contributed by atoms with Gasteiger partial charge in [0.2, 0.25) is 0 Å². The van der Waals surface area contributed by atoms with Gasteiger partial charge in [0.05, 0.1) is 6.61 Å². The van der Waals surface area contributed by atoms with E-state index in [2.05, 4.69) is 64.5 Å². The van der Waals surface area contributed by atoms with E-state index in [1.165, 1.54) is 71.0 Å². The van der Waals surface area contributed by atoms with Crippen molar-refractivity contribution in [2.45, 2.75) is 51.1 Å². The number of H-pyrrole nitrogens is 1.